The Morgan fingerprint density at radius 2 is 1.80 bits per heavy atom. The number of carbonyl (C=O) groups excluding carboxylic acids is 1. The SMILES string of the molecule is CCc1ccc(CC)c(C(=O)c2cc(Br)ccc2F)c1. The van der Waals surface area contributed by atoms with Gasteiger partial charge < -0.3 is 0 Å². The molecule has 0 heterocycles. The molecule has 0 N–H and O–H groups in total. The molecule has 2 aromatic carbocycles. The summed E-state index contributed by atoms with van der Waals surface area (Å²) in [6.07, 6.45) is 1.60. The van der Waals surface area contributed by atoms with Gasteiger partial charge in [0.25, 0.3) is 0 Å². The highest BCUT2D eigenvalue weighted by Gasteiger charge is 2.17. The highest BCUT2D eigenvalue weighted by atomic mass is 79.9. The fourth-order valence-corrected chi connectivity index (χ4v) is 2.54. The van der Waals surface area contributed by atoms with E-state index in [1.165, 1.54) is 12.1 Å². The third-order valence-electron chi connectivity index (χ3n) is 3.38. The van der Waals surface area contributed by atoms with Crippen LogP contribution in [0.25, 0.3) is 0 Å². The van der Waals surface area contributed by atoms with Crippen molar-refractivity contribution < 1.29 is 9.18 Å². The van der Waals surface area contributed by atoms with Crippen LogP contribution in [0.1, 0.15) is 40.9 Å². The minimum atomic E-state index is -0.484. The topological polar surface area (TPSA) is 17.1 Å². The Kier molecular flexibility index (Phi) is 4.71. The summed E-state index contributed by atoms with van der Waals surface area (Å²) in [7, 11) is 0. The molecule has 0 amide bonds. The van der Waals surface area contributed by atoms with Gasteiger partial charge in [-0.2, -0.15) is 0 Å². The zero-order valence-corrected chi connectivity index (χ0v) is 13.1. The molecule has 0 aliphatic rings. The van der Waals surface area contributed by atoms with E-state index in [2.05, 4.69) is 15.9 Å². The van der Waals surface area contributed by atoms with Crippen LogP contribution in [0.3, 0.4) is 0 Å². The lowest BCUT2D eigenvalue weighted by Crippen LogP contribution is -2.08. The van der Waals surface area contributed by atoms with E-state index < -0.39 is 5.82 Å². The molecule has 0 saturated carbocycles. The van der Waals surface area contributed by atoms with Gasteiger partial charge in [-0.15, -0.1) is 0 Å². The normalized spacial score (nSPS) is 10.6. The van der Waals surface area contributed by atoms with Gasteiger partial charge in [-0.05, 0) is 48.2 Å². The number of ketones is 1. The van der Waals surface area contributed by atoms with E-state index in [9.17, 15) is 9.18 Å². The van der Waals surface area contributed by atoms with Crippen LogP contribution in [-0.2, 0) is 12.8 Å². The maximum absolute atomic E-state index is 13.9. The van der Waals surface area contributed by atoms with Crippen LogP contribution in [-0.4, -0.2) is 5.78 Å². The van der Waals surface area contributed by atoms with Crippen LogP contribution >= 0.6 is 15.9 Å². The van der Waals surface area contributed by atoms with E-state index in [1.54, 1.807) is 6.07 Å². The van der Waals surface area contributed by atoms with E-state index in [-0.39, 0.29) is 11.3 Å². The molecule has 0 unspecified atom stereocenters. The fraction of sp³-hybridized carbons (Fsp3) is 0.235. The Hall–Kier alpha value is -1.48. The zero-order valence-electron chi connectivity index (χ0n) is 11.5. The van der Waals surface area contributed by atoms with Crippen molar-refractivity contribution in [1.82, 2.24) is 0 Å². The third kappa shape index (κ3) is 2.98. The van der Waals surface area contributed by atoms with E-state index in [0.717, 1.165) is 24.0 Å². The van der Waals surface area contributed by atoms with Gasteiger partial charge in [-0.3, -0.25) is 4.79 Å². The number of aryl methyl sites for hydroxylation is 2. The molecule has 2 rings (SSSR count). The molecule has 0 atom stereocenters. The molecular weight excluding hydrogens is 319 g/mol. The lowest BCUT2D eigenvalue weighted by atomic mass is 9.94. The van der Waals surface area contributed by atoms with Crippen LogP contribution in [0.15, 0.2) is 40.9 Å². The van der Waals surface area contributed by atoms with Crippen molar-refractivity contribution in [3.05, 3.63) is 68.9 Å². The van der Waals surface area contributed by atoms with Crippen molar-refractivity contribution >= 4 is 21.7 Å². The molecule has 0 aliphatic heterocycles. The first-order chi connectivity index (χ1) is 9.56. The second-order valence-electron chi connectivity index (χ2n) is 4.65. The minimum Gasteiger partial charge on any atom is -0.288 e. The Balaban J connectivity index is 2.54. The van der Waals surface area contributed by atoms with E-state index in [4.69, 9.17) is 0 Å². The van der Waals surface area contributed by atoms with Crippen molar-refractivity contribution in [2.75, 3.05) is 0 Å². The van der Waals surface area contributed by atoms with Gasteiger partial charge in [0.15, 0.2) is 5.78 Å². The van der Waals surface area contributed by atoms with Crippen LogP contribution in [0, 0.1) is 5.82 Å². The quantitative estimate of drug-likeness (QED) is 0.723. The highest BCUT2D eigenvalue weighted by molar-refractivity contribution is 9.10. The maximum atomic E-state index is 13.9. The first-order valence-corrected chi connectivity index (χ1v) is 7.47. The van der Waals surface area contributed by atoms with E-state index in [0.29, 0.717) is 10.0 Å². The van der Waals surface area contributed by atoms with Gasteiger partial charge in [-0.1, -0.05) is 41.9 Å². The second-order valence-corrected chi connectivity index (χ2v) is 5.57. The summed E-state index contributed by atoms with van der Waals surface area (Å²) < 4.78 is 14.6. The molecule has 3 heteroatoms. The first kappa shape index (κ1) is 14.9. The fourth-order valence-electron chi connectivity index (χ4n) is 2.18. The minimum absolute atomic E-state index is 0.113. The number of benzene rings is 2. The Labute approximate surface area is 127 Å². The Morgan fingerprint density at radius 1 is 1.05 bits per heavy atom. The lowest BCUT2D eigenvalue weighted by molar-refractivity contribution is 0.103. The summed E-state index contributed by atoms with van der Waals surface area (Å²) >= 11 is 3.28. The molecule has 0 aliphatic carbocycles. The molecule has 0 aromatic heterocycles. The van der Waals surface area contributed by atoms with Gasteiger partial charge in [-0.25, -0.2) is 4.39 Å². The number of hydrogen-bond acceptors (Lipinski definition) is 1. The van der Waals surface area contributed by atoms with Crippen LogP contribution < -0.4 is 0 Å². The molecule has 1 nitrogen and oxygen atoms in total. The molecule has 0 saturated heterocycles. The maximum Gasteiger partial charge on any atom is 0.196 e. The Morgan fingerprint density at radius 3 is 2.45 bits per heavy atom. The van der Waals surface area contributed by atoms with Crippen molar-refractivity contribution in [2.45, 2.75) is 26.7 Å². The van der Waals surface area contributed by atoms with Crippen molar-refractivity contribution in [3.8, 4) is 0 Å². The summed E-state index contributed by atoms with van der Waals surface area (Å²) in [6, 6.07) is 10.3. The van der Waals surface area contributed by atoms with E-state index in [1.807, 2.05) is 32.0 Å². The van der Waals surface area contributed by atoms with Gasteiger partial charge in [0.2, 0.25) is 0 Å². The molecule has 20 heavy (non-hydrogen) atoms. The average Bonchev–Trinajstić information content (AvgIpc) is 2.48. The predicted molar refractivity (Wildman–Crippen MR) is 82.7 cm³/mol. The molecule has 0 bridgehead atoms. The monoisotopic (exact) mass is 334 g/mol. The summed E-state index contributed by atoms with van der Waals surface area (Å²) in [5.41, 5.74) is 2.75. The van der Waals surface area contributed by atoms with Crippen LogP contribution in [0.5, 0.6) is 0 Å². The van der Waals surface area contributed by atoms with Gasteiger partial charge in [0, 0.05) is 10.0 Å². The smallest absolute Gasteiger partial charge is 0.196 e. The van der Waals surface area contributed by atoms with Crippen LogP contribution in [0.2, 0.25) is 0 Å². The molecule has 104 valence electrons. The molecule has 0 spiro atoms. The van der Waals surface area contributed by atoms with Crippen molar-refractivity contribution in [3.63, 3.8) is 0 Å². The zero-order chi connectivity index (χ0) is 14.7. The average molecular weight is 335 g/mol. The van der Waals surface area contributed by atoms with Crippen molar-refractivity contribution in [1.29, 1.82) is 0 Å². The summed E-state index contributed by atoms with van der Waals surface area (Å²) in [5, 5.41) is 0. The standard InChI is InChI=1S/C17H16BrFO/c1-3-11-5-6-12(4-2)14(9-11)17(20)15-10-13(18)7-8-16(15)19/h5-10H,3-4H2,1-2H3. The predicted octanol–water partition coefficient (Wildman–Crippen LogP) is 4.94. The van der Waals surface area contributed by atoms with Crippen molar-refractivity contribution in [2.24, 2.45) is 0 Å². The number of carbonyl (C=O) groups is 1. The molecule has 0 fully saturated rings. The van der Waals surface area contributed by atoms with Gasteiger partial charge in [0.05, 0.1) is 5.56 Å². The summed E-state index contributed by atoms with van der Waals surface area (Å²) in [6.45, 7) is 4.03. The van der Waals surface area contributed by atoms with Gasteiger partial charge >= 0.3 is 0 Å². The lowest BCUT2D eigenvalue weighted by Gasteiger charge is -2.10. The Bertz CT molecular complexity index is 649. The third-order valence-corrected chi connectivity index (χ3v) is 3.87. The summed E-state index contributed by atoms with van der Waals surface area (Å²) in [5.74, 6) is -0.738. The second kappa shape index (κ2) is 6.31. The van der Waals surface area contributed by atoms with Crippen LogP contribution in [0.4, 0.5) is 4.39 Å². The number of rotatable bonds is 4. The molecule has 2 aromatic rings. The first-order valence-electron chi connectivity index (χ1n) is 6.68. The molecule has 0 radical (unpaired) electrons. The summed E-state index contributed by atoms with van der Waals surface area (Å²) in [4.78, 5) is 12.6. The highest BCUT2D eigenvalue weighted by Crippen LogP contribution is 2.22. The molecular formula is C17H16BrFO. The number of halogens is 2. The number of hydrogen-bond donors (Lipinski definition) is 0. The van der Waals surface area contributed by atoms with Gasteiger partial charge in [0.1, 0.15) is 5.82 Å². The van der Waals surface area contributed by atoms with E-state index >= 15 is 0 Å². The largest absolute Gasteiger partial charge is 0.288 e.